The minimum Gasteiger partial charge on any atom is -0.337 e. The van der Waals surface area contributed by atoms with Crippen LogP contribution in [-0.4, -0.2) is 34.9 Å². The molecule has 102 valence electrons. The summed E-state index contributed by atoms with van der Waals surface area (Å²) >= 11 is 0. The van der Waals surface area contributed by atoms with Crippen molar-refractivity contribution < 1.29 is 14.1 Å². The summed E-state index contributed by atoms with van der Waals surface area (Å²) in [5.74, 6) is -1.21. The zero-order valence-corrected chi connectivity index (χ0v) is 10.2. The first kappa shape index (κ1) is 13.4. The number of amides is 1. The normalized spacial score (nSPS) is 19.3. The van der Waals surface area contributed by atoms with E-state index in [0.717, 1.165) is 31.0 Å². The van der Waals surface area contributed by atoms with Gasteiger partial charge in [0.2, 0.25) is 0 Å². The molecular weight excluding hydrogens is 253 g/mol. The molecule has 1 amide bonds. The first-order chi connectivity index (χ1) is 8.97. The summed E-state index contributed by atoms with van der Waals surface area (Å²) in [5, 5.41) is 10.7. The number of benzene rings is 1. The van der Waals surface area contributed by atoms with E-state index in [4.69, 9.17) is 5.73 Å². The Labute approximate surface area is 109 Å². The fraction of sp³-hybridized carbons (Fsp3) is 0.417. The number of nitrogens with zero attached hydrogens (tertiary/aromatic N) is 2. The van der Waals surface area contributed by atoms with Crippen LogP contribution in [0.4, 0.5) is 10.1 Å². The van der Waals surface area contributed by atoms with Gasteiger partial charge in [0, 0.05) is 30.8 Å². The lowest BCUT2D eigenvalue weighted by Crippen LogP contribution is -2.45. The minimum atomic E-state index is -0.793. The number of hydrogen-bond acceptors (Lipinski definition) is 4. The third-order valence-electron chi connectivity index (χ3n) is 3.09. The van der Waals surface area contributed by atoms with Gasteiger partial charge >= 0.3 is 0 Å². The van der Waals surface area contributed by atoms with E-state index in [-0.39, 0.29) is 11.6 Å². The molecule has 2 rings (SSSR count). The van der Waals surface area contributed by atoms with Gasteiger partial charge in [0.15, 0.2) is 0 Å². The number of piperidine rings is 1. The summed E-state index contributed by atoms with van der Waals surface area (Å²) in [7, 11) is 0. The zero-order chi connectivity index (χ0) is 14.0. The standard InChI is InChI=1S/C12H14FN3O3/c13-9-4-8(5-11(6-9)16(18)19)12(17)15-3-1-2-10(14)7-15/h4-6,10H,1-3,7,14H2/t10-/m1/s1. The molecule has 1 aromatic rings. The Morgan fingerprint density at radius 2 is 2.21 bits per heavy atom. The van der Waals surface area contributed by atoms with Gasteiger partial charge in [0.05, 0.1) is 11.0 Å². The van der Waals surface area contributed by atoms with Gasteiger partial charge in [-0.3, -0.25) is 14.9 Å². The number of carbonyl (C=O) groups excluding carboxylic acids is 1. The van der Waals surface area contributed by atoms with Crippen LogP contribution in [0.1, 0.15) is 23.2 Å². The zero-order valence-electron chi connectivity index (χ0n) is 10.2. The number of nitrogens with two attached hydrogens (primary N) is 1. The molecule has 1 aliphatic rings. The van der Waals surface area contributed by atoms with Crippen LogP contribution in [0.3, 0.4) is 0 Å². The number of nitro benzene ring substituents is 1. The number of halogens is 1. The van der Waals surface area contributed by atoms with Crippen LogP contribution in [0.15, 0.2) is 18.2 Å². The first-order valence-electron chi connectivity index (χ1n) is 5.97. The maximum Gasteiger partial charge on any atom is 0.273 e. The van der Waals surface area contributed by atoms with Crippen molar-refractivity contribution in [1.29, 1.82) is 0 Å². The van der Waals surface area contributed by atoms with Gasteiger partial charge in [0.1, 0.15) is 5.82 Å². The maximum atomic E-state index is 13.3. The fourth-order valence-electron chi connectivity index (χ4n) is 2.18. The molecule has 1 aromatic carbocycles. The Kier molecular flexibility index (Phi) is 3.75. The molecule has 1 heterocycles. The van der Waals surface area contributed by atoms with Gasteiger partial charge in [-0.2, -0.15) is 0 Å². The van der Waals surface area contributed by atoms with Crippen LogP contribution in [0.2, 0.25) is 0 Å². The molecule has 1 atom stereocenters. The van der Waals surface area contributed by atoms with E-state index in [9.17, 15) is 19.3 Å². The summed E-state index contributed by atoms with van der Waals surface area (Å²) in [4.78, 5) is 23.6. The molecule has 0 saturated carbocycles. The smallest absolute Gasteiger partial charge is 0.273 e. The SMILES string of the molecule is N[C@@H]1CCCN(C(=O)c2cc(F)cc([N+](=O)[O-])c2)C1. The number of nitro groups is 1. The number of rotatable bonds is 2. The quantitative estimate of drug-likeness (QED) is 0.646. The van der Waals surface area contributed by atoms with Crippen molar-refractivity contribution in [3.05, 3.63) is 39.7 Å². The van der Waals surface area contributed by atoms with E-state index in [1.165, 1.54) is 4.90 Å². The van der Waals surface area contributed by atoms with Crippen LogP contribution in [0.5, 0.6) is 0 Å². The number of likely N-dealkylation sites (tertiary alicyclic amines) is 1. The van der Waals surface area contributed by atoms with E-state index in [1.54, 1.807) is 0 Å². The molecule has 2 N–H and O–H groups in total. The molecule has 0 radical (unpaired) electrons. The number of non-ortho nitro benzene ring substituents is 1. The summed E-state index contributed by atoms with van der Waals surface area (Å²) < 4.78 is 13.3. The van der Waals surface area contributed by atoms with Crippen molar-refractivity contribution in [2.24, 2.45) is 5.73 Å². The molecule has 0 aromatic heterocycles. The average molecular weight is 267 g/mol. The van der Waals surface area contributed by atoms with Crippen molar-refractivity contribution in [3.8, 4) is 0 Å². The largest absolute Gasteiger partial charge is 0.337 e. The number of carbonyl (C=O) groups is 1. The van der Waals surface area contributed by atoms with Crippen LogP contribution < -0.4 is 5.73 Å². The molecule has 19 heavy (non-hydrogen) atoms. The lowest BCUT2D eigenvalue weighted by atomic mass is 10.1. The third kappa shape index (κ3) is 3.05. The Morgan fingerprint density at radius 3 is 2.84 bits per heavy atom. The van der Waals surface area contributed by atoms with Crippen LogP contribution in [-0.2, 0) is 0 Å². The van der Waals surface area contributed by atoms with Gasteiger partial charge in [-0.05, 0) is 18.9 Å². The van der Waals surface area contributed by atoms with Gasteiger partial charge < -0.3 is 10.6 Å². The number of hydrogen-bond donors (Lipinski definition) is 1. The lowest BCUT2D eigenvalue weighted by molar-refractivity contribution is -0.385. The molecular formula is C12H14FN3O3. The molecule has 0 unspecified atom stereocenters. The van der Waals surface area contributed by atoms with Crippen molar-refractivity contribution in [2.45, 2.75) is 18.9 Å². The Bertz CT molecular complexity index is 521. The fourth-order valence-corrected chi connectivity index (χ4v) is 2.18. The van der Waals surface area contributed by atoms with Crippen molar-refractivity contribution in [3.63, 3.8) is 0 Å². The summed E-state index contributed by atoms with van der Waals surface area (Å²) in [6.07, 6.45) is 1.62. The second kappa shape index (κ2) is 5.31. The Balaban J connectivity index is 2.25. The van der Waals surface area contributed by atoms with Crippen molar-refractivity contribution in [1.82, 2.24) is 4.90 Å². The van der Waals surface area contributed by atoms with Crippen molar-refractivity contribution >= 4 is 11.6 Å². The van der Waals surface area contributed by atoms with E-state index in [2.05, 4.69) is 0 Å². The van der Waals surface area contributed by atoms with E-state index in [1.807, 2.05) is 0 Å². The molecule has 6 nitrogen and oxygen atoms in total. The predicted molar refractivity (Wildman–Crippen MR) is 66.2 cm³/mol. The highest BCUT2D eigenvalue weighted by Gasteiger charge is 2.24. The molecule has 1 fully saturated rings. The highest BCUT2D eigenvalue weighted by molar-refractivity contribution is 5.95. The maximum absolute atomic E-state index is 13.3. The molecule has 0 aliphatic carbocycles. The van der Waals surface area contributed by atoms with Gasteiger partial charge in [-0.1, -0.05) is 0 Å². The lowest BCUT2D eigenvalue weighted by Gasteiger charge is -2.30. The molecule has 1 aliphatic heterocycles. The highest BCUT2D eigenvalue weighted by Crippen LogP contribution is 2.19. The van der Waals surface area contributed by atoms with Gasteiger partial charge in [-0.25, -0.2) is 4.39 Å². The third-order valence-corrected chi connectivity index (χ3v) is 3.09. The van der Waals surface area contributed by atoms with Crippen molar-refractivity contribution in [2.75, 3.05) is 13.1 Å². The minimum absolute atomic E-state index is 0.0131. The average Bonchev–Trinajstić information content (AvgIpc) is 2.37. The summed E-state index contributed by atoms with van der Waals surface area (Å²) in [6, 6.07) is 2.79. The summed E-state index contributed by atoms with van der Waals surface area (Å²) in [5.41, 5.74) is 5.33. The molecule has 1 saturated heterocycles. The second-order valence-corrected chi connectivity index (χ2v) is 4.61. The topological polar surface area (TPSA) is 89.5 Å². The highest BCUT2D eigenvalue weighted by atomic mass is 19.1. The van der Waals surface area contributed by atoms with Gasteiger partial charge in [-0.15, -0.1) is 0 Å². The van der Waals surface area contributed by atoms with E-state index < -0.39 is 22.3 Å². The van der Waals surface area contributed by atoms with Crippen LogP contribution in [0, 0.1) is 15.9 Å². The van der Waals surface area contributed by atoms with Crippen LogP contribution in [0.25, 0.3) is 0 Å². The molecule has 0 bridgehead atoms. The molecule has 7 heteroatoms. The van der Waals surface area contributed by atoms with E-state index >= 15 is 0 Å². The molecule has 0 spiro atoms. The first-order valence-corrected chi connectivity index (χ1v) is 5.97. The van der Waals surface area contributed by atoms with Crippen LogP contribution >= 0.6 is 0 Å². The van der Waals surface area contributed by atoms with Gasteiger partial charge in [0.25, 0.3) is 11.6 Å². The predicted octanol–water partition coefficient (Wildman–Crippen LogP) is 1.30. The Morgan fingerprint density at radius 1 is 1.47 bits per heavy atom. The monoisotopic (exact) mass is 267 g/mol. The van der Waals surface area contributed by atoms with E-state index in [0.29, 0.717) is 13.1 Å². The Hall–Kier alpha value is -2.02. The summed E-state index contributed by atoms with van der Waals surface area (Å²) in [6.45, 7) is 0.931. The second-order valence-electron chi connectivity index (χ2n) is 4.61.